The van der Waals surface area contributed by atoms with Crippen molar-refractivity contribution in [1.29, 1.82) is 0 Å². The molecule has 0 saturated heterocycles. The molecule has 0 radical (unpaired) electrons. The fourth-order valence-electron chi connectivity index (χ4n) is 1.96. The fourth-order valence-corrected chi connectivity index (χ4v) is 2.08. The van der Waals surface area contributed by atoms with Crippen molar-refractivity contribution in [2.45, 2.75) is 12.8 Å². The van der Waals surface area contributed by atoms with Crippen LogP contribution in [0.3, 0.4) is 0 Å². The minimum absolute atomic E-state index is 0.0717. The Morgan fingerprint density at radius 2 is 1.79 bits per heavy atom. The van der Waals surface area contributed by atoms with Gasteiger partial charge in [-0.2, -0.15) is 0 Å². The molecular formula is C18H19ClFNO3. The maximum absolute atomic E-state index is 13.0. The number of nitrogens with one attached hydrogen (secondary N) is 1. The van der Waals surface area contributed by atoms with Gasteiger partial charge in [-0.05, 0) is 42.8 Å². The Hall–Kier alpha value is -2.27. The van der Waals surface area contributed by atoms with E-state index in [1.54, 1.807) is 36.4 Å². The van der Waals surface area contributed by atoms with Crippen LogP contribution in [0.15, 0.2) is 48.5 Å². The predicted molar refractivity (Wildman–Crippen MR) is 91.1 cm³/mol. The summed E-state index contributed by atoms with van der Waals surface area (Å²) in [7, 11) is 0. The number of carbonyl (C=O) groups is 1. The Bertz CT molecular complexity index is 649. The molecule has 1 amide bonds. The summed E-state index contributed by atoms with van der Waals surface area (Å²) in [4.78, 5) is 11.7. The molecule has 0 saturated carbocycles. The van der Waals surface area contributed by atoms with Crippen molar-refractivity contribution in [2.24, 2.45) is 0 Å². The summed E-state index contributed by atoms with van der Waals surface area (Å²) in [5.74, 6) is 0.757. The molecule has 1 N–H and O–H groups in total. The van der Waals surface area contributed by atoms with E-state index < -0.39 is 0 Å². The molecule has 0 aromatic heterocycles. The van der Waals surface area contributed by atoms with E-state index >= 15 is 0 Å². The van der Waals surface area contributed by atoms with Gasteiger partial charge in [0.15, 0.2) is 0 Å². The molecule has 2 aromatic rings. The molecular weight excluding hydrogens is 333 g/mol. The third-order valence-electron chi connectivity index (χ3n) is 3.12. The first-order chi connectivity index (χ1) is 11.6. The number of carbonyl (C=O) groups excluding carboxylic acids is 1. The number of ether oxygens (including phenoxy) is 2. The third-order valence-corrected chi connectivity index (χ3v) is 3.37. The smallest absolute Gasteiger partial charge is 0.220 e. The van der Waals surface area contributed by atoms with Gasteiger partial charge in [-0.25, -0.2) is 4.39 Å². The maximum atomic E-state index is 13.0. The Labute approximate surface area is 145 Å². The standard InChI is InChI=1S/C18H19ClFNO3/c19-14-6-8-16(9-7-14)24-12-10-21-18(22)5-2-11-23-17-4-1-3-15(20)13-17/h1,3-4,6-9,13H,2,5,10-12H2,(H,21,22). The zero-order chi connectivity index (χ0) is 17.2. The number of amides is 1. The molecule has 0 aliphatic rings. The lowest BCUT2D eigenvalue weighted by Gasteiger charge is -2.08. The second-order valence-corrected chi connectivity index (χ2v) is 5.50. The highest BCUT2D eigenvalue weighted by Gasteiger charge is 2.02. The van der Waals surface area contributed by atoms with E-state index in [0.29, 0.717) is 49.1 Å². The van der Waals surface area contributed by atoms with E-state index in [2.05, 4.69) is 5.32 Å². The maximum Gasteiger partial charge on any atom is 0.220 e. The average molecular weight is 352 g/mol. The van der Waals surface area contributed by atoms with Gasteiger partial charge >= 0.3 is 0 Å². The van der Waals surface area contributed by atoms with Crippen LogP contribution in [0.5, 0.6) is 11.5 Å². The summed E-state index contributed by atoms with van der Waals surface area (Å²) < 4.78 is 23.8. The minimum atomic E-state index is -0.342. The summed E-state index contributed by atoms with van der Waals surface area (Å²) in [6.45, 7) is 1.16. The normalized spacial score (nSPS) is 10.2. The molecule has 6 heteroatoms. The van der Waals surface area contributed by atoms with E-state index in [-0.39, 0.29) is 11.7 Å². The minimum Gasteiger partial charge on any atom is -0.493 e. The van der Waals surface area contributed by atoms with Crippen molar-refractivity contribution < 1.29 is 18.7 Å². The molecule has 0 spiro atoms. The van der Waals surface area contributed by atoms with Crippen molar-refractivity contribution in [3.8, 4) is 11.5 Å². The summed E-state index contributed by atoms with van der Waals surface area (Å²) >= 11 is 5.78. The lowest BCUT2D eigenvalue weighted by Crippen LogP contribution is -2.28. The second-order valence-electron chi connectivity index (χ2n) is 5.06. The second kappa shape index (κ2) is 9.78. The van der Waals surface area contributed by atoms with Crippen LogP contribution in [0.1, 0.15) is 12.8 Å². The van der Waals surface area contributed by atoms with Crippen LogP contribution < -0.4 is 14.8 Å². The summed E-state index contributed by atoms with van der Waals surface area (Å²) in [5.41, 5.74) is 0. The van der Waals surface area contributed by atoms with Gasteiger partial charge in [0.05, 0.1) is 13.2 Å². The zero-order valence-electron chi connectivity index (χ0n) is 13.1. The molecule has 0 atom stereocenters. The Morgan fingerprint density at radius 3 is 2.54 bits per heavy atom. The van der Waals surface area contributed by atoms with Crippen LogP contribution in [0, 0.1) is 5.82 Å². The van der Waals surface area contributed by atoms with E-state index in [0.717, 1.165) is 0 Å². The highest BCUT2D eigenvalue weighted by Crippen LogP contribution is 2.15. The molecule has 0 fully saturated rings. The van der Waals surface area contributed by atoms with E-state index in [1.165, 1.54) is 12.1 Å². The summed E-state index contributed by atoms with van der Waals surface area (Å²) in [5, 5.41) is 3.42. The van der Waals surface area contributed by atoms with Crippen molar-refractivity contribution in [1.82, 2.24) is 5.32 Å². The molecule has 24 heavy (non-hydrogen) atoms. The van der Waals surface area contributed by atoms with Crippen molar-refractivity contribution >= 4 is 17.5 Å². The lowest BCUT2D eigenvalue weighted by atomic mass is 10.3. The molecule has 0 aliphatic heterocycles. The van der Waals surface area contributed by atoms with E-state index in [9.17, 15) is 9.18 Å². The quantitative estimate of drug-likeness (QED) is 0.698. The monoisotopic (exact) mass is 351 g/mol. The zero-order valence-corrected chi connectivity index (χ0v) is 13.9. The van der Waals surface area contributed by atoms with Gasteiger partial charge < -0.3 is 14.8 Å². The Morgan fingerprint density at radius 1 is 1.04 bits per heavy atom. The van der Waals surface area contributed by atoms with Crippen LogP contribution in [-0.4, -0.2) is 25.7 Å². The Balaban J connectivity index is 1.53. The van der Waals surface area contributed by atoms with Crippen LogP contribution in [0.25, 0.3) is 0 Å². The topological polar surface area (TPSA) is 47.6 Å². The third kappa shape index (κ3) is 6.87. The highest BCUT2D eigenvalue weighted by atomic mass is 35.5. The van der Waals surface area contributed by atoms with Crippen molar-refractivity contribution in [2.75, 3.05) is 19.8 Å². The molecule has 2 aromatic carbocycles. The molecule has 128 valence electrons. The molecule has 4 nitrogen and oxygen atoms in total. The summed E-state index contributed by atoms with van der Waals surface area (Å²) in [6, 6.07) is 13.0. The first kappa shape index (κ1) is 18.1. The fraction of sp³-hybridized carbons (Fsp3) is 0.278. The lowest BCUT2D eigenvalue weighted by molar-refractivity contribution is -0.121. The van der Waals surface area contributed by atoms with Gasteiger partial charge in [0, 0.05) is 17.5 Å². The van der Waals surface area contributed by atoms with Gasteiger partial charge in [-0.1, -0.05) is 17.7 Å². The highest BCUT2D eigenvalue weighted by molar-refractivity contribution is 6.30. The number of halogens is 2. The number of hydrogen-bond acceptors (Lipinski definition) is 3. The number of hydrogen-bond donors (Lipinski definition) is 1. The Kier molecular flexibility index (Phi) is 7.36. The first-order valence-corrected chi connectivity index (χ1v) is 8.05. The SMILES string of the molecule is O=C(CCCOc1cccc(F)c1)NCCOc1ccc(Cl)cc1. The van der Waals surface area contributed by atoms with Crippen molar-refractivity contribution in [3.63, 3.8) is 0 Å². The number of rotatable bonds is 9. The van der Waals surface area contributed by atoms with Gasteiger partial charge in [0.2, 0.25) is 5.91 Å². The molecule has 0 aliphatic carbocycles. The molecule has 0 bridgehead atoms. The molecule has 0 heterocycles. The van der Waals surface area contributed by atoms with Gasteiger partial charge in [-0.15, -0.1) is 0 Å². The van der Waals surface area contributed by atoms with Gasteiger partial charge in [0.1, 0.15) is 23.9 Å². The van der Waals surface area contributed by atoms with Gasteiger partial charge in [-0.3, -0.25) is 4.79 Å². The largest absolute Gasteiger partial charge is 0.493 e. The van der Waals surface area contributed by atoms with Crippen LogP contribution >= 0.6 is 11.6 Å². The number of benzene rings is 2. The van der Waals surface area contributed by atoms with Crippen LogP contribution in [0.4, 0.5) is 4.39 Å². The van der Waals surface area contributed by atoms with Crippen LogP contribution in [-0.2, 0) is 4.79 Å². The first-order valence-electron chi connectivity index (χ1n) is 7.67. The van der Waals surface area contributed by atoms with E-state index in [4.69, 9.17) is 21.1 Å². The van der Waals surface area contributed by atoms with Crippen LogP contribution in [0.2, 0.25) is 5.02 Å². The predicted octanol–water partition coefficient (Wildman–Crippen LogP) is 3.83. The summed E-state index contributed by atoms with van der Waals surface area (Å²) in [6.07, 6.45) is 0.899. The van der Waals surface area contributed by atoms with E-state index in [1.807, 2.05) is 0 Å². The van der Waals surface area contributed by atoms with Gasteiger partial charge in [0.25, 0.3) is 0 Å². The van der Waals surface area contributed by atoms with Crippen molar-refractivity contribution in [3.05, 3.63) is 59.4 Å². The average Bonchev–Trinajstić information content (AvgIpc) is 2.57. The molecule has 0 unspecified atom stereocenters. The molecule has 2 rings (SSSR count).